The molecule has 64 valence electrons. The number of hydrogen-bond acceptors (Lipinski definition) is 2. The second kappa shape index (κ2) is 3.51. The first-order valence-corrected chi connectivity index (χ1v) is 3.55. The van der Waals surface area contributed by atoms with Gasteiger partial charge >= 0.3 is 0 Å². The minimum absolute atomic E-state index is 0.0119. The van der Waals surface area contributed by atoms with Crippen molar-refractivity contribution < 1.29 is 9.59 Å². The average molecular weight is 157 g/mol. The third-order valence-electron chi connectivity index (χ3n) is 1.42. The Morgan fingerprint density at radius 1 is 1.45 bits per heavy atom. The van der Waals surface area contributed by atoms with Crippen LogP contribution in [0.2, 0.25) is 0 Å². The van der Waals surface area contributed by atoms with Gasteiger partial charge in [0, 0.05) is 25.9 Å². The number of carbonyl (C=O) groups is 2. The molecular weight excluding hydrogens is 142 g/mol. The van der Waals surface area contributed by atoms with Crippen LogP contribution in [-0.4, -0.2) is 31.2 Å². The Bertz CT molecular complexity index is 161. The fourth-order valence-electron chi connectivity index (χ4n) is 0.590. The summed E-state index contributed by atoms with van der Waals surface area (Å²) in [6.45, 7) is 3.50. The van der Waals surface area contributed by atoms with E-state index in [1.54, 1.807) is 27.9 Å². The molecule has 3 nitrogen and oxygen atoms in total. The van der Waals surface area contributed by atoms with E-state index in [4.69, 9.17) is 0 Å². The molecule has 0 bridgehead atoms. The molecule has 11 heavy (non-hydrogen) atoms. The lowest BCUT2D eigenvalue weighted by Crippen LogP contribution is -2.28. The Morgan fingerprint density at radius 2 is 1.91 bits per heavy atom. The van der Waals surface area contributed by atoms with E-state index in [1.165, 1.54) is 4.90 Å². The van der Waals surface area contributed by atoms with Gasteiger partial charge in [0.05, 0.1) is 0 Å². The molecule has 0 atom stereocenters. The molecule has 0 aliphatic carbocycles. The molecule has 0 aromatic heterocycles. The zero-order valence-electron chi connectivity index (χ0n) is 7.55. The van der Waals surface area contributed by atoms with E-state index in [9.17, 15) is 9.59 Å². The van der Waals surface area contributed by atoms with Crippen LogP contribution < -0.4 is 0 Å². The van der Waals surface area contributed by atoms with Gasteiger partial charge in [0.2, 0.25) is 5.91 Å². The van der Waals surface area contributed by atoms with Crippen LogP contribution in [0.5, 0.6) is 0 Å². The Balaban J connectivity index is 4.04. The minimum atomic E-state index is -0.526. The second-order valence-corrected chi connectivity index (χ2v) is 3.57. The highest BCUT2D eigenvalue weighted by atomic mass is 16.2. The van der Waals surface area contributed by atoms with Crippen molar-refractivity contribution in [2.45, 2.75) is 20.3 Å². The highest BCUT2D eigenvalue weighted by molar-refractivity contribution is 5.80. The minimum Gasteiger partial charge on any atom is -0.349 e. The van der Waals surface area contributed by atoms with Gasteiger partial charge in [0.15, 0.2) is 0 Å². The average Bonchev–Trinajstić information content (AvgIpc) is 1.87. The third kappa shape index (κ3) is 3.75. The van der Waals surface area contributed by atoms with E-state index in [1.807, 2.05) is 0 Å². The third-order valence-corrected chi connectivity index (χ3v) is 1.42. The van der Waals surface area contributed by atoms with Gasteiger partial charge in [0.1, 0.15) is 6.29 Å². The molecule has 0 radical (unpaired) electrons. The van der Waals surface area contributed by atoms with Crippen molar-refractivity contribution >= 4 is 12.2 Å². The van der Waals surface area contributed by atoms with E-state index in [0.717, 1.165) is 6.29 Å². The van der Waals surface area contributed by atoms with Crippen molar-refractivity contribution in [2.24, 2.45) is 5.41 Å². The summed E-state index contributed by atoms with van der Waals surface area (Å²) in [6.07, 6.45) is 1.10. The predicted octanol–water partition coefficient (Wildman–Crippen LogP) is 0.690. The van der Waals surface area contributed by atoms with Crippen LogP contribution >= 0.6 is 0 Å². The van der Waals surface area contributed by atoms with Crippen LogP contribution in [-0.2, 0) is 9.59 Å². The summed E-state index contributed by atoms with van der Waals surface area (Å²) in [5, 5.41) is 0. The lowest BCUT2D eigenvalue weighted by atomic mass is 9.91. The molecule has 3 heteroatoms. The molecule has 0 aliphatic heterocycles. The maximum Gasteiger partial charge on any atom is 0.223 e. The quantitative estimate of drug-likeness (QED) is 0.565. The summed E-state index contributed by atoms with van der Waals surface area (Å²) in [5.41, 5.74) is -0.526. The molecule has 0 aromatic rings. The zero-order valence-corrected chi connectivity index (χ0v) is 7.55. The summed E-state index contributed by atoms with van der Waals surface area (Å²) in [7, 11) is 3.37. The van der Waals surface area contributed by atoms with Crippen molar-refractivity contribution in [3.05, 3.63) is 0 Å². The fourth-order valence-corrected chi connectivity index (χ4v) is 0.590. The summed E-state index contributed by atoms with van der Waals surface area (Å²) in [6, 6.07) is 0. The van der Waals surface area contributed by atoms with Gasteiger partial charge < -0.3 is 9.69 Å². The smallest absolute Gasteiger partial charge is 0.223 e. The maximum atomic E-state index is 11.1. The predicted molar refractivity (Wildman–Crippen MR) is 43.2 cm³/mol. The summed E-state index contributed by atoms with van der Waals surface area (Å²) < 4.78 is 0. The zero-order chi connectivity index (χ0) is 9.07. The first kappa shape index (κ1) is 10.1. The highest BCUT2D eigenvalue weighted by Gasteiger charge is 2.21. The Hall–Kier alpha value is -0.860. The van der Waals surface area contributed by atoms with Gasteiger partial charge in [-0.25, -0.2) is 0 Å². The molecule has 0 saturated carbocycles. The molecular formula is C8H15NO2. The van der Waals surface area contributed by atoms with Gasteiger partial charge in [-0.2, -0.15) is 0 Å². The molecule has 0 N–H and O–H groups in total. The van der Waals surface area contributed by atoms with Crippen LogP contribution in [0.1, 0.15) is 20.3 Å². The molecule has 1 amide bonds. The molecule has 0 saturated heterocycles. The van der Waals surface area contributed by atoms with Crippen molar-refractivity contribution in [1.82, 2.24) is 4.90 Å². The first-order valence-electron chi connectivity index (χ1n) is 3.55. The molecule has 0 unspecified atom stereocenters. The number of carbonyl (C=O) groups excluding carboxylic acids is 2. The number of hydrogen-bond donors (Lipinski definition) is 0. The van der Waals surface area contributed by atoms with Crippen LogP contribution in [0.4, 0.5) is 0 Å². The molecule has 0 aliphatic rings. The lowest BCUT2D eigenvalue weighted by Gasteiger charge is -2.18. The lowest BCUT2D eigenvalue weighted by molar-refractivity contribution is -0.133. The van der Waals surface area contributed by atoms with E-state index >= 15 is 0 Å². The van der Waals surface area contributed by atoms with Crippen molar-refractivity contribution in [1.29, 1.82) is 0 Å². The molecule has 0 fully saturated rings. The monoisotopic (exact) mass is 157 g/mol. The van der Waals surface area contributed by atoms with Gasteiger partial charge in [-0.1, -0.05) is 13.8 Å². The van der Waals surface area contributed by atoms with Gasteiger partial charge in [-0.15, -0.1) is 0 Å². The van der Waals surface area contributed by atoms with Gasteiger partial charge in [-0.05, 0) is 0 Å². The Morgan fingerprint density at radius 3 is 2.18 bits per heavy atom. The number of rotatable bonds is 3. The summed E-state index contributed by atoms with van der Waals surface area (Å²) in [4.78, 5) is 23.0. The molecule has 0 spiro atoms. The van der Waals surface area contributed by atoms with Crippen LogP contribution in [0.3, 0.4) is 0 Å². The van der Waals surface area contributed by atoms with E-state index in [2.05, 4.69) is 0 Å². The van der Waals surface area contributed by atoms with Gasteiger partial charge in [-0.3, -0.25) is 4.79 Å². The van der Waals surface area contributed by atoms with Crippen molar-refractivity contribution in [3.8, 4) is 0 Å². The second-order valence-electron chi connectivity index (χ2n) is 3.57. The number of nitrogens with zero attached hydrogens (tertiary/aromatic N) is 1. The Kier molecular flexibility index (Phi) is 3.23. The normalized spacial score (nSPS) is 10.9. The van der Waals surface area contributed by atoms with Crippen molar-refractivity contribution in [2.75, 3.05) is 14.1 Å². The summed E-state index contributed by atoms with van der Waals surface area (Å²) >= 11 is 0. The molecule has 0 rings (SSSR count). The van der Waals surface area contributed by atoms with Crippen LogP contribution in [0.15, 0.2) is 0 Å². The molecule has 0 heterocycles. The van der Waals surface area contributed by atoms with E-state index in [-0.39, 0.29) is 12.3 Å². The molecule has 0 aromatic carbocycles. The summed E-state index contributed by atoms with van der Waals surface area (Å²) in [5.74, 6) is -0.0119. The number of amides is 1. The first-order chi connectivity index (χ1) is 4.89. The van der Waals surface area contributed by atoms with E-state index in [0.29, 0.717) is 0 Å². The fraction of sp³-hybridized carbons (Fsp3) is 0.750. The maximum absolute atomic E-state index is 11.1. The van der Waals surface area contributed by atoms with Crippen molar-refractivity contribution in [3.63, 3.8) is 0 Å². The van der Waals surface area contributed by atoms with Crippen LogP contribution in [0.25, 0.3) is 0 Å². The highest BCUT2D eigenvalue weighted by Crippen LogP contribution is 2.16. The van der Waals surface area contributed by atoms with Gasteiger partial charge in [0.25, 0.3) is 0 Å². The Labute approximate surface area is 67.4 Å². The number of aldehydes is 1. The van der Waals surface area contributed by atoms with Crippen LogP contribution in [0, 0.1) is 5.41 Å². The largest absolute Gasteiger partial charge is 0.349 e. The SMILES string of the molecule is CN(C)C(=O)CC(C)(C)C=O. The van der Waals surface area contributed by atoms with E-state index < -0.39 is 5.41 Å². The standard InChI is InChI=1S/C8H15NO2/c1-8(2,6-10)5-7(11)9(3)4/h6H,5H2,1-4H3. The topological polar surface area (TPSA) is 37.4 Å².